The normalized spacial score (nSPS) is 13.9. The Bertz CT molecular complexity index is 483. The van der Waals surface area contributed by atoms with Crippen LogP contribution in [0.3, 0.4) is 0 Å². The molecule has 0 amide bonds. The summed E-state index contributed by atoms with van der Waals surface area (Å²) in [7, 11) is -10.4. The summed E-state index contributed by atoms with van der Waals surface area (Å²) in [5.41, 5.74) is 0. The van der Waals surface area contributed by atoms with E-state index in [-0.39, 0.29) is 0 Å². The molecule has 0 aromatic heterocycles. The van der Waals surface area contributed by atoms with Crippen molar-refractivity contribution < 1.29 is 38.5 Å². The summed E-state index contributed by atoms with van der Waals surface area (Å²) in [4.78, 5) is 33.0. The maximum Gasteiger partial charge on any atom is 0.369 e. The SMILES string of the molecule is CC(O)(P(=O)(O)O)P(=O)(O)O.c1ccc2c(c1)O2. The number of fused-ring (bicyclic) bond motifs is 1. The molecule has 0 unspecified atom stereocenters. The van der Waals surface area contributed by atoms with Gasteiger partial charge in [0.05, 0.1) is 0 Å². The molecule has 5 N–H and O–H groups in total. The summed E-state index contributed by atoms with van der Waals surface area (Å²) in [6.07, 6.45) is 0. The van der Waals surface area contributed by atoms with Crippen molar-refractivity contribution in [2.45, 2.75) is 12.0 Å². The van der Waals surface area contributed by atoms with E-state index >= 15 is 0 Å². The topological polar surface area (TPSA) is 148 Å². The molecule has 10 heteroatoms. The molecular formula is C8H12O8P2. The van der Waals surface area contributed by atoms with Crippen molar-refractivity contribution in [2.75, 3.05) is 0 Å². The van der Waals surface area contributed by atoms with Gasteiger partial charge in [0.15, 0.2) is 11.5 Å². The van der Waals surface area contributed by atoms with E-state index in [1.54, 1.807) is 0 Å². The first kappa shape index (κ1) is 15.3. The van der Waals surface area contributed by atoms with Gasteiger partial charge in [0.1, 0.15) is 0 Å². The van der Waals surface area contributed by atoms with Gasteiger partial charge >= 0.3 is 15.2 Å². The third-order valence-electron chi connectivity index (χ3n) is 2.13. The Labute approximate surface area is 102 Å². The highest BCUT2D eigenvalue weighted by molar-refractivity contribution is 7.71. The molecule has 2 rings (SSSR count). The Morgan fingerprint density at radius 3 is 1.50 bits per heavy atom. The van der Waals surface area contributed by atoms with Crippen LogP contribution in [0.4, 0.5) is 0 Å². The Morgan fingerprint density at radius 2 is 1.33 bits per heavy atom. The fourth-order valence-electron chi connectivity index (χ4n) is 0.781. The minimum atomic E-state index is -5.20. The maximum absolute atomic E-state index is 10.3. The van der Waals surface area contributed by atoms with Crippen LogP contribution in [0, 0.1) is 0 Å². The fourth-order valence-corrected chi connectivity index (χ4v) is 2.14. The van der Waals surface area contributed by atoms with Crippen LogP contribution in [0.15, 0.2) is 24.3 Å². The molecular weight excluding hydrogens is 286 g/mol. The molecule has 102 valence electrons. The first-order valence-corrected chi connectivity index (χ1v) is 7.80. The first-order valence-electron chi connectivity index (χ1n) is 4.57. The smallest absolute Gasteiger partial charge is 0.369 e. The van der Waals surface area contributed by atoms with Crippen LogP contribution in [-0.4, -0.2) is 29.8 Å². The van der Waals surface area contributed by atoms with Gasteiger partial charge < -0.3 is 29.4 Å². The third-order valence-corrected chi connectivity index (χ3v) is 5.90. The van der Waals surface area contributed by atoms with E-state index in [1.807, 2.05) is 24.3 Å². The number of ether oxygens (including phenoxy) is 1. The molecule has 1 heterocycles. The van der Waals surface area contributed by atoms with Gasteiger partial charge in [-0.05, 0) is 19.1 Å². The Balaban J connectivity index is 0.000000194. The predicted octanol–water partition coefficient (Wildman–Crippen LogP) is 0.800. The minimum Gasteiger partial charge on any atom is -0.450 e. The van der Waals surface area contributed by atoms with Gasteiger partial charge in [-0.2, -0.15) is 0 Å². The number of benzene rings is 1. The quantitative estimate of drug-likeness (QED) is 0.404. The van der Waals surface area contributed by atoms with Crippen molar-refractivity contribution in [3.05, 3.63) is 24.3 Å². The summed E-state index contributed by atoms with van der Waals surface area (Å²) < 4.78 is 25.4. The Hall–Kier alpha value is -0.720. The summed E-state index contributed by atoms with van der Waals surface area (Å²) in [6.45, 7) is 0.383. The number of aliphatic hydroxyl groups is 1. The van der Waals surface area contributed by atoms with Gasteiger partial charge in [0.2, 0.25) is 0 Å². The molecule has 0 aliphatic carbocycles. The van der Waals surface area contributed by atoms with E-state index in [9.17, 15) is 9.13 Å². The van der Waals surface area contributed by atoms with Crippen LogP contribution in [0.2, 0.25) is 0 Å². The summed E-state index contributed by atoms with van der Waals surface area (Å²) in [6, 6.07) is 7.84. The summed E-state index contributed by atoms with van der Waals surface area (Å²) >= 11 is 0. The van der Waals surface area contributed by atoms with Crippen molar-refractivity contribution >= 4 is 15.2 Å². The maximum atomic E-state index is 10.3. The molecule has 0 saturated carbocycles. The molecule has 18 heavy (non-hydrogen) atoms. The van der Waals surface area contributed by atoms with Crippen molar-refractivity contribution in [2.24, 2.45) is 0 Å². The molecule has 0 fully saturated rings. The number of rotatable bonds is 2. The lowest BCUT2D eigenvalue weighted by atomic mass is 10.4. The monoisotopic (exact) mass is 298 g/mol. The van der Waals surface area contributed by atoms with Crippen LogP contribution in [0.1, 0.15) is 6.92 Å². The minimum absolute atomic E-state index is 0.383. The van der Waals surface area contributed by atoms with Crippen molar-refractivity contribution in [3.8, 4) is 11.5 Å². The van der Waals surface area contributed by atoms with Crippen LogP contribution in [0.5, 0.6) is 11.5 Å². The molecule has 0 spiro atoms. The van der Waals surface area contributed by atoms with Crippen LogP contribution >= 0.6 is 15.2 Å². The highest BCUT2D eigenvalue weighted by atomic mass is 31.2. The van der Waals surface area contributed by atoms with Gasteiger partial charge in [-0.25, -0.2) is 0 Å². The second kappa shape index (κ2) is 4.75. The lowest BCUT2D eigenvalue weighted by Crippen LogP contribution is -2.23. The highest BCUT2D eigenvalue weighted by Crippen LogP contribution is 2.66. The van der Waals surface area contributed by atoms with E-state index in [2.05, 4.69) is 0 Å². The highest BCUT2D eigenvalue weighted by Gasteiger charge is 2.55. The lowest BCUT2D eigenvalue weighted by Gasteiger charge is -2.24. The molecule has 1 aromatic rings. The van der Waals surface area contributed by atoms with Crippen molar-refractivity contribution in [1.82, 2.24) is 0 Å². The molecule has 0 saturated heterocycles. The van der Waals surface area contributed by atoms with Crippen molar-refractivity contribution in [1.29, 1.82) is 0 Å². The molecule has 1 aromatic carbocycles. The Morgan fingerprint density at radius 1 is 1.00 bits per heavy atom. The molecule has 0 atom stereocenters. The average molecular weight is 298 g/mol. The average Bonchev–Trinajstić information content (AvgIpc) is 2.93. The zero-order valence-corrected chi connectivity index (χ0v) is 11.0. The third kappa shape index (κ3) is 3.40. The van der Waals surface area contributed by atoms with E-state index < -0.39 is 20.3 Å². The van der Waals surface area contributed by atoms with E-state index in [4.69, 9.17) is 29.4 Å². The number of para-hydroxylation sites is 2. The van der Waals surface area contributed by atoms with E-state index in [1.165, 1.54) is 0 Å². The molecule has 1 aliphatic heterocycles. The van der Waals surface area contributed by atoms with Gasteiger partial charge in [-0.1, -0.05) is 12.1 Å². The molecule has 0 bridgehead atoms. The van der Waals surface area contributed by atoms with E-state index in [0.29, 0.717) is 6.92 Å². The standard InChI is InChI=1S/C6H4O.C2H8O7P2/c1-2-4-6-5(3-1)7-6;1-2(3,10(4,5)6)11(7,8)9/h1-4H;3H,1H3,(H2,4,5,6)(H2,7,8,9). The number of hydrogen-bond donors (Lipinski definition) is 5. The Kier molecular flexibility index (Phi) is 4.05. The fraction of sp³-hybridized carbons (Fsp3) is 0.250. The zero-order valence-electron chi connectivity index (χ0n) is 9.16. The molecule has 8 nitrogen and oxygen atoms in total. The summed E-state index contributed by atoms with van der Waals surface area (Å²) in [5.74, 6) is 2.06. The van der Waals surface area contributed by atoms with Gasteiger partial charge in [0, 0.05) is 0 Å². The van der Waals surface area contributed by atoms with Gasteiger partial charge in [0.25, 0.3) is 5.08 Å². The van der Waals surface area contributed by atoms with Crippen molar-refractivity contribution in [3.63, 3.8) is 0 Å². The van der Waals surface area contributed by atoms with E-state index in [0.717, 1.165) is 11.5 Å². The zero-order chi connectivity index (χ0) is 14.2. The largest absolute Gasteiger partial charge is 0.450 e. The number of hydrogen-bond acceptors (Lipinski definition) is 4. The first-order chi connectivity index (χ1) is 7.97. The summed E-state index contributed by atoms with van der Waals surface area (Å²) in [5, 5.41) is 5.37. The van der Waals surface area contributed by atoms with Gasteiger partial charge in [-0.15, -0.1) is 0 Å². The van der Waals surface area contributed by atoms with Crippen LogP contribution in [0.25, 0.3) is 0 Å². The predicted molar refractivity (Wildman–Crippen MR) is 61.2 cm³/mol. The lowest BCUT2D eigenvalue weighted by molar-refractivity contribution is 0.146. The second-order valence-electron chi connectivity index (χ2n) is 3.61. The van der Waals surface area contributed by atoms with Gasteiger partial charge in [-0.3, -0.25) is 9.13 Å². The second-order valence-corrected chi connectivity index (χ2v) is 7.88. The van der Waals surface area contributed by atoms with Crippen LogP contribution in [-0.2, 0) is 9.13 Å². The molecule has 0 radical (unpaired) electrons. The van der Waals surface area contributed by atoms with Crippen LogP contribution < -0.4 is 4.74 Å². The molecule has 1 aliphatic rings.